The largest absolute Gasteiger partial charge is 0.462 e. The smallest absolute Gasteiger partial charge is 0.340 e. The van der Waals surface area contributed by atoms with Gasteiger partial charge in [-0.2, -0.15) is 0 Å². The van der Waals surface area contributed by atoms with Crippen LogP contribution in [0.5, 0.6) is 0 Å². The summed E-state index contributed by atoms with van der Waals surface area (Å²) in [7, 11) is 0. The van der Waals surface area contributed by atoms with Gasteiger partial charge in [0, 0.05) is 4.88 Å². The molecule has 0 spiro atoms. The first-order valence-electron chi connectivity index (χ1n) is 6.32. The standard InChI is InChI=1S/C14H17N3O2S/c1-3-19-14(18)10-5-4-6-11(13(10)15)16-7-12-9(2)17-8-20-12/h4-6,8,16H,3,7,15H2,1-2H3. The van der Waals surface area contributed by atoms with E-state index >= 15 is 0 Å². The molecule has 0 aliphatic carbocycles. The number of rotatable bonds is 5. The number of hydrogen-bond acceptors (Lipinski definition) is 6. The number of para-hydroxylation sites is 1. The lowest BCUT2D eigenvalue weighted by molar-refractivity contribution is 0.0527. The minimum Gasteiger partial charge on any atom is -0.462 e. The first-order valence-corrected chi connectivity index (χ1v) is 7.20. The summed E-state index contributed by atoms with van der Waals surface area (Å²) in [5, 5.41) is 3.23. The molecule has 20 heavy (non-hydrogen) atoms. The number of hydrogen-bond donors (Lipinski definition) is 2. The number of aryl methyl sites for hydroxylation is 1. The number of nitrogens with zero attached hydrogens (tertiary/aromatic N) is 1. The number of nitrogen functional groups attached to an aromatic ring is 1. The van der Waals surface area contributed by atoms with E-state index in [0.717, 1.165) is 16.3 Å². The normalized spacial score (nSPS) is 10.3. The first kappa shape index (κ1) is 14.3. The Hall–Kier alpha value is -2.08. The topological polar surface area (TPSA) is 77.2 Å². The molecule has 2 aromatic rings. The lowest BCUT2D eigenvalue weighted by Gasteiger charge is -2.12. The monoisotopic (exact) mass is 291 g/mol. The Balaban J connectivity index is 2.14. The number of ether oxygens (including phenoxy) is 1. The fourth-order valence-electron chi connectivity index (χ4n) is 1.78. The molecule has 0 saturated heterocycles. The molecule has 106 valence electrons. The molecule has 1 aromatic carbocycles. The van der Waals surface area contributed by atoms with Gasteiger partial charge in [0.15, 0.2) is 0 Å². The summed E-state index contributed by atoms with van der Waals surface area (Å²) in [5.41, 5.74) is 10.4. The zero-order chi connectivity index (χ0) is 14.5. The van der Waals surface area contributed by atoms with Gasteiger partial charge < -0.3 is 15.8 Å². The molecule has 0 atom stereocenters. The number of carbonyl (C=O) groups excluding carboxylic acids is 1. The maximum absolute atomic E-state index is 11.8. The minimum atomic E-state index is -0.400. The van der Waals surface area contributed by atoms with Crippen molar-refractivity contribution in [1.82, 2.24) is 4.98 Å². The third-order valence-electron chi connectivity index (χ3n) is 2.89. The van der Waals surface area contributed by atoms with Gasteiger partial charge >= 0.3 is 5.97 Å². The van der Waals surface area contributed by atoms with Crippen molar-refractivity contribution in [2.45, 2.75) is 20.4 Å². The summed E-state index contributed by atoms with van der Waals surface area (Å²) in [4.78, 5) is 17.1. The van der Waals surface area contributed by atoms with Crippen LogP contribution in [0.2, 0.25) is 0 Å². The summed E-state index contributed by atoms with van der Waals surface area (Å²) in [5.74, 6) is -0.400. The van der Waals surface area contributed by atoms with Crippen LogP contribution in [-0.4, -0.2) is 17.6 Å². The molecule has 0 unspecified atom stereocenters. The molecule has 0 aliphatic heterocycles. The predicted octanol–water partition coefficient (Wildman–Crippen LogP) is 2.82. The Morgan fingerprint density at radius 1 is 1.50 bits per heavy atom. The van der Waals surface area contributed by atoms with E-state index in [9.17, 15) is 4.79 Å². The fraction of sp³-hybridized carbons (Fsp3) is 0.286. The van der Waals surface area contributed by atoms with Crippen LogP contribution in [0.3, 0.4) is 0 Å². The van der Waals surface area contributed by atoms with Gasteiger partial charge in [0.1, 0.15) is 0 Å². The molecule has 0 amide bonds. The number of thiazole rings is 1. The number of nitrogens with one attached hydrogen (secondary N) is 1. The van der Waals surface area contributed by atoms with E-state index < -0.39 is 5.97 Å². The van der Waals surface area contributed by atoms with Gasteiger partial charge in [-0.25, -0.2) is 9.78 Å². The number of aromatic nitrogens is 1. The number of anilines is 2. The van der Waals surface area contributed by atoms with Crippen LogP contribution in [0, 0.1) is 6.92 Å². The van der Waals surface area contributed by atoms with Crippen molar-refractivity contribution in [1.29, 1.82) is 0 Å². The van der Waals surface area contributed by atoms with E-state index in [-0.39, 0.29) is 0 Å². The Bertz CT molecular complexity index is 610. The van der Waals surface area contributed by atoms with Crippen molar-refractivity contribution in [2.75, 3.05) is 17.7 Å². The van der Waals surface area contributed by atoms with Crippen molar-refractivity contribution in [3.05, 3.63) is 39.8 Å². The van der Waals surface area contributed by atoms with Gasteiger partial charge in [0.25, 0.3) is 0 Å². The summed E-state index contributed by atoms with van der Waals surface area (Å²) < 4.78 is 4.98. The Morgan fingerprint density at radius 2 is 2.30 bits per heavy atom. The molecule has 0 bridgehead atoms. The molecule has 6 heteroatoms. The Kier molecular flexibility index (Phi) is 4.57. The predicted molar refractivity (Wildman–Crippen MR) is 81.0 cm³/mol. The summed E-state index contributed by atoms with van der Waals surface area (Å²) in [6.07, 6.45) is 0. The van der Waals surface area contributed by atoms with E-state index in [0.29, 0.717) is 24.4 Å². The second kappa shape index (κ2) is 6.38. The van der Waals surface area contributed by atoms with Gasteiger partial charge in [0.05, 0.1) is 41.3 Å². The van der Waals surface area contributed by atoms with E-state index in [1.165, 1.54) is 0 Å². The van der Waals surface area contributed by atoms with Crippen LogP contribution < -0.4 is 11.1 Å². The van der Waals surface area contributed by atoms with Crippen LogP contribution >= 0.6 is 11.3 Å². The SMILES string of the molecule is CCOC(=O)c1cccc(NCc2scnc2C)c1N. The highest BCUT2D eigenvalue weighted by atomic mass is 32.1. The number of benzene rings is 1. The van der Waals surface area contributed by atoms with E-state index in [1.807, 2.05) is 18.5 Å². The third kappa shape index (κ3) is 3.08. The van der Waals surface area contributed by atoms with Crippen molar-refractivity contribution in [3.8, 4) is 0 Å². The van der Waals surface area contributed by atoms with E-state index in [4.69, 9.17) is 10.5 Å². The zero-order valence-corrected chi connectivity index (χ0v) is 12.3. The van der Waals surface area contributed by atoms with Crippen LogP contribution in [-0.2, 0) is 11.3 Å². The molecule has 1 aromatic heterocycles. The quantitative estimate of drug-likeness (QED) is 0.654. The molecule has 5 nitrogen and oxygen atoms in total. The minimum absolute atomic E-state index is 0.329. The second-order valence-electron chi connectivity index (χ2n) is 4.20. The number of carbonyl (C=O) groups is 1. The van der Waals surface area contributed by atoms with E-state index in [2.05, 4.69) is 10.3 Å². The second-order valence-corrected chi connectivity index (χ2v) is 5.14. The Morgan fingerprint density at radius 3 is 2.95 bits per heavy atom. The zero-order valence-electron chi connectivity index (χ0n) is 11.5. The van der Waals surface area contributed by atoms with Crippen LogP contribution in [0.15, 0.2) is 23.7 Å². The van der Waals surface area contributed by atoms with Gasteiger partial charge in [-0.05, 0) is 26.0 Å². The van der Waals surface area contributed by atoms with Crippen molar-refractivity contribution >= 4 is 28.7 Å². The van der Waals surface area contributed by atoms with Crippen LogP contribution in [0.4, 0.5) is 11.4 Å². The Labute approximate surface area is 121 Å². The molecule has 2 rings (SSSR count). The summed E-state index contributed by atoms with van der Waals surface area (Å²) in [6.45, 7) is 4.69. The van der Waals surface area contributed by atoms with Gasteiger partial charge in [-0.3, -0.25) is 0 Å². The number of nitrogens with two attached hydrogens (primary N) is 1. The molecule has 0 aliphatic rings. The van der Waals surface area contributed by atoms with Gasteiger partial charge in [0.2, 0.25) is 0 Å². The molecule has 1 heterocycles. The van der Waals surface area contributed by atoms with Crippen molar-refractivity contribution < 1.29 is 9.53 Å². The van der Waals surface area contributed by atoms with Gasteiger partial charge in [-0.15, -0.1) is 11.3 Å². The van der Waals surface area contributed by atoms with E-state index in [1.54, 1.807) is 30.4 Å². The molecule has 0 fully saturated rings. The highest BCUT2D eigenvalue weighted by Crippen LogP contribution is 2.25. The lowest BCUT2D eigenvalue weighted by Crippen LogP contribution is -2.10. The molecular weight excluding hydrogens is 274 g/mol. The maximum atomic E-state index is 11.8. The highest BCUT2D eigenvalue weighted by molar-refractivity contribution is 7.09. The fourth-order valence-corrected chi connectivity index (χ4v) is 2.49. The molecule has 3 N–H and O–H groups in total. The summed E-state index contributed by atoms with van der Waals surface area (Å²) in [6, 6.07) is 5.29. The van der Waals surface area contributed by atoms with Crippen LogP contribution in [0.1, 0.15) is 27.9 Å². The van der Waals surface area contributed by atoms with Crippen molar-refractivity contribution in [2.24, 2.45) is 0 Å². The highest BCUT2D eigenvalue weighted by Gasteiger charge is 2.13. The van der Waals surface area contributed by atoms with Crippen molar-refractivity contribution in [3.63, 3.8) is 0 Å². The third-order valence-corrected chi connectivity index (χ3v) is 3.82. The maximum Gasteiger partial charge on any atom is 0.340 e. The lowest BCUT2D eigenvalue weighted by atomic mass is 10.1. The van der Waals surface area contributed by atoms with Crippen LogP contribution in [0.25, 0.3) is 0 Å². The van der Waals surface area contributed by atoms with Gasteiger partial charge in [-0.1, -0.05) is 6.07 Å². The molecule has 0 radical (unpaired) electrons. The molecule has 0 saturated carbocycles. The summed E-state index contributed by atoms with van der Waals surface area (Å²) >= 11 is 1.59. The first-order chi connectivity index (χ1) is 9.63. The number of esters is 1. The molecular formula is C14H17N3O2S. The average molecular weight is 291 g/mol. The average Bonchev–Trinajstić information content (AvgIpc) is 2.83.